The largest absolute Gasteiger partial charge is 0.493 e. The second kappa shape index (κ2) is 13.8. The van der Waals surface area contributed by atoms with E-state index in [-0.39, 0.29) is 31.8 Å². The highest BCUT2D eigenvalue weighted by Gasteiger charge is 2.47. The standard InChI is InChI=1S/C33H39N3O7/c1-4-5-16-36(24-9-8-15-34(2)19-24)31(37)21-35-20-25(23-12-13-29-30(18-23)43-22-42-29)32(33(38)39)26(35)14-17-41-28-11-7-6-10-27(28)40-3/h6-13,15,18-19,25-26,32H,4-5,14,16-17,20-22H2,1-3H3/p+1/t25-,26+,32-/m1/s1. The molecule has 0 unspecified atom stereocenters. The fourth-order valence-corrected chi connectivity index (χ4v) is 6.07. The summed E-state index contributed by atoms with van der Waals surface area (Å²) in [6.45, 7) is 3.59. The summed E-state index contributed by atoms with van der Waals surface area (Å²) in [7, 11) is 3.51. The highest BCUT2D eigenvalue weighted by atomic mass is 16.7. The molecule has 0 saturated carbocycles. The van der Waals surface area contributed by atoms with Gasteiger partial charge in [0.25, 0.3) is 0 Å². The summed E-state index contributed by atoms with van der Waals surface area (Å²) in [5, 5.41) is 10.6. The molecule has 3 atom stereocenters. The normalized spacial score (nSPS) is 19.3. The SMILES string of the molecule is CCCCN(C(=O)CN1C[C@H](c2ccc3c(c2)OCO3)[C@@H](C(=O)O)[C@@H]1CCOc1ccccc1OC)c1ccc[n+](C)c1. The van der Waals surface area contributed by atoms with Crippen LogP contribution in [0.3, 0.4) is 0 Å². The number of aryl methyl sites for hydroxylation is 1. The number of carboxylic acid groups (broad SMARTS) is 1. The first-order valence-corrected chi connectivity index (χ1v) is 14.8. The lowest BCUT2D eigenvalue weighted by molar-refractivity contribution is -0.670. The number of pyridine rings is 1. The number of anilines is 1. The Hall–Kier alpha value is -4.31. The number of methoxy groups -OCH3 is 1. The van der Waals surface area contributed by atoms with Crippen molar-refractivity contribution in [2.45, 2.75) is 38.1 Å². The number of amides is 1. The summed E-state index contributed by atoms with van der Waals surface area (Å²) in [4.78, 5) is 30.7. The van der Waals surface area contributed by atoms with Gasteiger partial charge in [-0.25, -0.2) is 4.57 Å². The van der Waals surface area contributed by atoms with Crippen molar-refractivity contribution in [2.75, 3.05) is 45.0 Å². The van der Waals surface area contributed by atoms with Gasteiger partial charge in [0, 0.05) is 31.1 Å². The zero-order valence-electron chi connectivity index (χ0n) is 25.0. The Morgan fingerprint density at radius 2 is 1.88 bits per heavy atom. The number of carbonyl (C=O) groups excluding carboxylic acids is 1. The number of unbranched alkanes of at least 4 members (excludes halogenated alkanes) is 1. The quantitative estimate of drug-likeness (QED) is 0.298. The van der Waals surface area contributed by atoms with Crippen LogP contribution in [-0.4, -0.2) is 68.1 Å². The number of fused-ring (bicyclic) bond motifs is 1. The number of para-hydroxylation sites is 2. The van der Waals surface area contributed by atoms with Gasteiger partial charge in [0.2, 0.25) is 12.7 Å². The van der Waals surface area contributed by atoms with Crippen LogP contribution in [0, 0.1) is 5.92 Å². The monoisotopic (exact) mass is 590 g/mol. The Bertz CT molecular complexity index is 1430. The number of carboxylic acids is 1. The van der Waals surface area contributed by atoms with Gasteiger partial charge in [-0.2, -0.15) is 0 Å². The molecule has 0 spiro atoms. The average Bonchev–Trinajstić information content (AvgIpc) is 3.62. The van der Waals surface area contributed by atoms with Crippen LogP contribution in [0.4, 0.5) is 5.69 Å². The molecule has 43 heavy (non-hydrogen) atoms. The minimum atomic E-state index is -0.905. The second-order valence-electron chi connectivity index (χ2n) is 11.0. The first kappa shape index (κ1) is 30.2. The summed E-state index contributed by atoms with van der Waals surface area (Å²) < 4.78 is 24.5. The summed E-state index contributed by atoms with van der Waals surface area (Å²) in [6.07, 6.45) is 6.09. The maximum absolute atomic E-state index is 14.0. The van der Waals surface area contributed by atoms with Crippen molar-refractivity contribution in [1.82, 2.24) is 4.90 Å². The van der Waals surface area contributed by atoms with E-state index in [9.17, 15) is 14.7 Å². The molecule has 10 heteroatoms. The van der Waals surface area contributed by atoms with Crippen LogP contribution < -0.4 is 28.4 Å². The van der Waals surface area contributed by atoms with Crippen LogP contribution >= 0.6 is 0 Å². The fraction of sp³-hybridized carbons (Fsp3) is 0.424. The van der Waals surface area contributed by atoms with Crippen molar-refractivity contribution >= 4 is 17.6 Å². The number of benzene rings is 2. The highest BCUT2D eigenvalue weighted by molar-refractivity contribution is 5.94. The number of carbonyl (C=O) groups is 2. The second-order valence-corrected chi connectivity index (χ2v) is 11.0. The number of aliphatic carboxylic acids is 1. The minimum Gasteiger partial charge on any atom is -0.493 e. The Kier molecular flexibility index (Phi) is 9.66. The number of ether oxygens (including phenoxy) is 4. The molecule has 228 valence electrons. The first-order chi connectivity index (χ1) is 20.9. The zero-order chi connectivity index (χ0) is 30.3. The highest BCUT2D eigenvalue weighted by Crippen LogP contribution is 2.43. The average molecular weight is 591 g/mol. The molecule has 1 saturated heterocycles. The van der Waals surface area contributed by atoms with Gasteiger partial charge in [0.05, 0.1) is 26.2 Å². The van der Waals surface area contributed by atoms with Crippen molar-refractivity contribution < 1.29 is 38.2 Å². The molecule has 0 bridgehead atoms. The van der Waals surface area contributed by atoms with Crippen molar-refractivity contribution in [2.24, 2.45) is 13.0 Å². The number of nitrogens with zero attached hydrogens (tertiary/aromatic N) is 3. The van der Waals surface area contributed by atoms with E-state index in [4.69, 9.17) is 18.9 Å². The van der Waals surface area contributed by atoms with Crippen molar-refractivity contribution in [3.8, 4) is 23.0 Å². The third-order valence-corrected chi connectivity index (χ3v) is 8.21. The van der Waals surface area contributed by atoms with Gasteiger partial charge < -0.3 is 29.0 Å². The first-order valence-electron chi connectivity index (χ1n) is 14.8. The molecule has 2 aliphatic heterocycles. The van der Waals surface area contributed by atoms with E-state index in [0.717, 1.165) is 24.1 Å². The lowest BCUT2D eigenvalue weighted by Crippen LogP contribution is -2.45. The van der Waals surface area contributed by atoms with Crippen molar-refractivity contribution in [3.63, 3.8) is 0 Å². The molecular formula is C33H40N3O7+. The molecule has 1 aromatic heterocycles. The van der Waals surface area contributed by atoms with E-state index >= 15 is 0 Å². The van der Waals surface area contributed by atoms with E-state index in [0.29, 0.717) is 42.5 Å². The van der Waals surface area contributed by atoms with Crippen LogP contribution in [0.5, 0.6) is 23.0 Å². The maximum Gasteiger partial charge on any atom is 0.308 e. The van der Waals surface area contributed by atoms with Crippen LogP contribution in [-0.2, 0) is 16.6 Å². The predicted octanol–water partition coefficient (Wildman–Crippen LogP) is 4.02. The van der Waals surface area contributed by atoms with Crippen LogP contribution in [0.15, 0.2) is 67.0 Å². The van der Waals surface area contributed by atoms with Crippen LogP contribution in [0.1, 0.15) is 37.7 Å². The topological polar surface area (TPSA) is 102 Å². The number of hydrogen-bond donors (Lipinski definition) is 1. The van der Waals surface area contributed by atoms with Crippen molar-refractivity contribution in [3.05, 3.63) is 72.6 Å². The predicted molar refractivity (Wildman–Crippen MR) is 160 cm³/mol. The van der Waals surface area contributed by atoms with Gasteiger partial charge in [-0.1, -0.05) is 31.5 Å². The lowest BCUT2D eigenvalue weighted by Gasteiger charge is -2.29. The van der Waals surface area contributed by atoms with Gasteiger partial charge in [0.15, 0.2) is 35.4 Å². The lowest BCUT2D eigenvalue weighted by atomic mass is 9.84. The van der Waals surface area contributed by atoms with E-state index in [1.807, 2.05) is 88.4 Å². The van der Waals surface area contributed by atoms with Crippen molar-refractivity contribution in [1.29, 1.82) is 0 Å². The summed E-state index contributed by atoms with van der Waals surface area (Å²) >= 11 is 0. The van der Waals surface area contributed by atoms with Crippen LogP contribution in [0.2, 0.25) is 0 Å². The van der Waals surface area contributed by atoms with E-state index < -0.39 is 17.9 Å². The molecule has 2 aromatic carbocycles. The molecule has 10 nitrogen and oxygen atoms in total. The van der Waals surface area contributed by atoms with E-state index in [1.54, 1.807) is 7.11 Å². The Morgan fingerprint density at radius 3 is 2.63 bits per heavy atom. The Labute approximate surface area is 252 Å². The summed E-state index contributed by atoms with van der Waals surface area (Å²) in [5.41, 5.74) is 1.67. The van der Waals surface area contributed by atoms with E-state index in [2.05, 4.69) is 6.92 Å². The van der Waals surface area contributed by atoms with Gasteiger partial charge >= 0.3 is 5.97 Å². The summed E-state index contributed by atoms with van der Waals surface area (Å²) in [5.74, 6) is 0.371. The molecule has 1 fully saturated rings. The third-order valence-electron chi connectivity index (χ3n) is 8.21. The number of aromatic nitrogens is 1. The van der Waals surface area contributed by atoms with E-state index in [1.165, 1.54) is 0 Å². The Morgan fingerprint density at radius 1 is 1.09 bits per heavy atom. The number of hydrogen-bond acceptors (Lipinski definition) is 7. The van der Waals surface area contributed by atoms with Gasteiger partial charge in [-0.15, -0.1) is 0 Å². The number of likely N-dealkylation sites (tertiary alicyclic amines) is 1. The molecule has 0 aliphatic carbocycles. The van der Waals surface area contributed by atoms with Gasteiger partial charge in [-0.05, 0) is 48.7 Å². The molecule has 3 aromatic rings. The minimum absolute atomic E-state index is 0.0641. The summed E-state index contributed by atoms with van der Waals surface area (Å²) in [6, 6.07) is 16.4. The molecule has 5 rings (SSSR count). The fourth-order valence-electron chi connectivity index (χ4n) is 6.07. The van der Waals surface area contributed by atoms with Crippen LogP contribution in [0.25, 0.3) is 0 Å². The smallest absolute Gasteiger partial charge is 0.308 e. The molecule has 3 heterocycles. The zero-order valence-corrected chi connectivity index (χ0v) is 25.0. The van der Waals surface area contributed by atoms with Gasteiger partial charge in [-0.3, -0.25) is 14.5 Å². The third kappa shape index (κ3) is 6.85. The Balaban J connectivity index is 1.42. The number of rotatable bonds is 13. The molecule has 0 radical (unpaired) electrons. The van der Waals surface area contributed by atoms with Gasteiger partial charge in [0.1, 0.15) is 12.7 Å². The molecular weight excluding hydrogens is 550 g/mol. The molecule has 1 N–H and O–H groups in total. The molecule has 1 amide bonds. The maximum atomic E-state index is 14.0. The molecule has 2 aliphatic rings.